The van der Waals surface area contributed by atoms with Crippen molar-refractivity contribution in [1.82, 2.24) is 4.98 Å². The maximum atomic E-state index is 11.1. The molecule has 0 atom stereocenters. The fourth-order valence-corrected chi connectivity index (χ4v) is 0.898. The van der Waals surface area contributed by atoms with Gasteiger partial charge in [0.15, 0.2) is 0 Å². The topological polar surface area (TPSA) is 96.2 Å². The fraction of sp³-hybridized carbons (Fsp3) is 0.125. The molecule has 0 saturated carbocycles. The Morgan fingerprint density at radius 3 is 2.93 bits per heavy atom. The van der Waals surface area contributed by atoms with Gasteiger partial charge in [0.1, 0.15) is 0 Å². The lowest BCUT2D eigenvalue weighted by molar-refractivity contribution is -0.385. The van der Waals surface area contributed by atoms with Crippen molar-refractivity contribution in [1.29, 1.82) is 0 Å². The maximum Gasteiger partial charge on any atom is 0.286 e. The molecule has 14 heavy (non-hydrogen) atoms. The van der Waals surface area contributed by atoms with Crippen molar-refractivity contribution in [2.24, 2.45) is 0 Å². The van der Waals surface area contributed by atoms with E-state index >= 15 is 0 Å². The smallest absolute Gasteiger partial charge is 0.286 e. The minimum atomic E-state index is -0.605. The van der Waals surface area contributed by atoms with Gasteiger partial charge in [-0.3, -0.25) is 14.9 Å². The summed E-state index contributed by atoms with van der Waals surface area (Å²) in [5.74, 6) is 0. The standard InChI is InChI=1S/C8H8N2O4/c11-3-1-2-6-4-7(10(13)14)5-9-8(6)12/h1-2,4-5,11H,3H2,(H,9,12). The molecule has 1 rings (SSSR count). The molecule has 1 aromatic rings. The van der Waals surface area contributed by atoms with E-state index in [4.69, 9.17) is 5.11 Å². The average Bonchev–Trinajstić information content (AvgIpc) is 2.16. The van der Waals surface area contributed by atoms with E-state index in [1.54, 1.807) is 0 Å². The van der Waals surface area contributed by atoms with Crippen LogP contribution < -0.4 is 5.56 Å². The molecule has 0 aliphatic rings. The van der Waals surface area contributed by atoms with Crippen LogP contribution in [0.15, 0.2) is 23.1 Å². The molecule has 6 nitrogen and oxygen atoms in total. The maximum absolute atomic E-state index is 11.1. The van der Waals surface area contributed by atoms with Crippen LogP contribution in [0.5, 0.6) is 0 Å². The van der Waals surface area contributed by atoms with Crippen molar-refractivity contribution < 1.29 is 10.0 Å². The predicted molar refractivity (Wildman–Crippen MR) is 49.8 cm³/mol. The first-order chi connectivity index (χ1) is 6.65. The summed E-state index contributed by atoms with van der Waals surface area (Å²) in [5.41, 5.74) is -0.476. The Hall–Kier alpha value is -1.95. The molecular formula is C8H8N2O4. The molecule has 6 heteroatoms. The molecule has 0 bridgehead atoms. The van der Waals surface area contributed by atoms with Crippen LogP contribution in [0.1, 0.15) is 5.56 Å². The Morgan fingerprint density at radius 2 is 2.36 bits per heavy atom. The van der Waals surface area contributed by atoms with Crippen molar-refractivity contribution in [3.8, 4) is 0 Å². The van der Waals surface area contributed by atoms with E-state index in [2.05, 4.69) is 4.98 Å². The normalized spacial score (nSPS) is 10.6. The van der Waals surface area contributed by atoms with Crippen LogP contribution in [0, 0.1) is 10.1 Å². The highest BCUT2D eigenvalue weighted by molar-refractivity contribution is 5.51. The van der Waals surface area contributed by atoms with E-state index < -0.39 is 10.5 Å². The highest BCUT2D eigenvalue weighted by atomic mass is 16.6. The third kappa shape index (κ3) is 2.27. The zero-order chi connectivity index (χ0) is 10.6. The lowest BCUT2D eigenvalue weighted by Crippen LogP contribution is -2.09. The van der Waals surface area contributed by atoms with Crippen LogP contribution >= 0.6 is 0 Å². The molecule has 0 amide bonds. The number of pyridine rings is 1. The number of hydrogen-bond acceptors (Lipinski definition) is 4. The first-order valence-electron chi connectivity index (χ1n) is 3.79. The first kappa shape index (κ1) is 10.1. The molecule has 1 heterocycles. The molecule has 0 aliphatic heterocycles. The second-order valence-electron chi connectivity index (χ2n) is 2.48. The Balaban J connectivity index is 3.15. The summed E-state index contributed by atoms with van der Waals surface area (Å²) in [6.07, 6.45) is 3.68. The van der Waals surface area contributed by atoms with Crippen molar-refractivity contribution >= 4 is 11.8 Å². The molecule has 0 fully saturated rings. The van der Waals surface area contributed by atoms with Gasteiger partial charge in [0.25, 0.3) is 11.2 Å². The van der Waals surface area contributed by atoms with Crippen LogP contribution in [-0.2, 0) is 0 Å². The minimum Gasteiger partial charge on any atom is -0.392 e. The number of rotatable bonds is 3. The van der Waals surface area contributed by atoms with Crippen LogP contribution in [-0.4, -0.2) is 21.6 Å². The molecule has 1 aromatic heterocycles. The van der Waals surface area contributed by atoms with Gasteiger partial charge < -0.3 is 10.1 Å². The van der Waals surface area contributed by atoms with E-state index in [0.717, 1.165) is 12.3 Å². The summed E-state index contributed by atoms with van der Waals surface area (Å²) in [6, 6.07) is 1.14. The number of aliphatic hydroxyl groups is 1. The van der Waals surface area contributed by atoms with E-state index in [9.17, 15) is 14.9 Å². The SMILES string of the molecule is O=c1[nH]cc([N+](=O)[O-])cc1C=CCO. The molecule has 74 valence electrons. The van der Waals surface area contributed by atoms with Crippen molar-refractivity contribution in [2.45, 2.75) is 0 Å². The number of aromatic nitrogens is 1. The molecular weight excluding hydrogens is 188 g/mol. The minimum absolute atomic E-state index is 0.147. The van der Waals surface area contributed by atoms with Gasteiger partial charge in [-0.25, -0.2) is 0 Å². The van der Waals surface area contributed by atoms with Crippen molar-refractivity contribution in [3.05, 3.63) is 44.4 Å². The Labute approximate surface area is 78.7 Å². The molecule has 0 unspecified atom stereocenters. The molecule has 0 radical (unpaired) electrons. The molecule has 0 saturated heterocycles. The second kappa shape index (κ2) is 4.33. The van der Waals surface area contributed by atoms with E-state index in [1.165, 1.54) is 12.2 Å². The molecule has 0 aromatic carbocycles. The summed E-state index contributed by atoms with van der Waals surface area (Å²) >= 11 is 0. The van der Waals surface area contributed by atoms with Crippen molar-refractivity contribution in [3.63, 3.8) is 0 Å². The van der Waals surface area contributed by atoms with Gasteiger partial charge in [0.2, 0.25) is 0 Å². The van der Waals surface area contributed by atoms with E-state index in [0.29, 0.717) is 0 Å². The summed E-state index contributed by atoms with van der Waals surface area (Å²) in [6.45, 7) is -0.220. The third-order valence-corrected chi connectivity index (χ3v) is 1.53. The van der Waals surface area contributed by atoms with Gasteiger partial charge in [-0.15, -0.1) is 0 Å². The monoisotopic (exact) mass is 196 g/mol. The van der Waals surface area contributed by atoms with Crippen LogP contribution in [0.3, 0.4) is 0 Å². The quantitative estimate of drug-likeness (QED) is 0.536. The second-order valence-corrected chi connectivity index (χ2v) is 2.48. The lowest BCUT2D eigenvalue weighted by atomic mass is 10.2. The lowest BCUT2D eigenvalue weighted by Gasteiger charge is -1.92. The summed E-state index contributed by atoms with van der Waals surface area (Å²) in [7, 11) is 0. The first-order valence-corrected chi connectivity index (χ1v) is 3.79. The summed E-state index contributed by atoms with van der Waals surface area (Å²) in [5, 5.41) is 18.8. The Morgan fingerprint density at radius 1 is 1.64 bits per heavy atom. The van der Waals surface area contributed by atoms with Crippen molar-refractivity contribution in [2.75, 3.05) is 6.61 Å². The Bertz CT molecular complexity index is 422. The number of hydrogen-bond donors (Lipinski definition) is 2. The van der Waals surface area contributed by atoms with Gasteiger partial charge in [0.05, 0.1) is 17.7 Å². The van der Waals surface area contributed by atoms with Gasteiger partial charge in [-0.1, -0.05) is 12.2 Å². The van der Waals surface area contributed by atoms with Crippen LogP contribution in [0.25, 0.3) is 6.08 Å². The summed E-state index contributed by atoms with van der Waals surface area (Å²) in [4.78, 5) is 23.1. The Kier molecular flexibility index (Phi) is 3.14. The van der Waals surface area contributed by atoms with E-state index in [1.807, 2.05) is 0 Å². The van der Waals surface area contributed by atoms with Gasteiger partial charge in [0, 0.05) is 11.6 Å². The van der Waals surface area contributed by atoms with Gasteiger partial charge >= 0.3 is 0 Å². The van der Waals surface area contributed by atoms with Crippen LogP contribution in [0.4, 0.5) is 5.69 Å². The zero-order valence-corrected chi connectivity index (χ0v) is 7.14. The van der Waals surface area contributed by atoms with Gasteiger partial charge in [-0.05, 0) is 0 Å². The number of nitrogens with zero attached hydrogens (tertiary/aromatic N) is 1. The molecule has 0 spiro atoms. The average molecular weight is 196 g/mol. The van der Waals surface area contributed by atoms with Gasteiger partial charge in [-0.2, -0.15) is 0 Å². The largest absolute Gasteiger partial charge is 0.392 e. The molecule has 2 N–H and O–H groups in total. The van der Waals surface area contributed by atoms with E-state index in [-0.39, 0.29) is 17.9 Å². The number of nitrogens with one attached hydrogen (secondary N) is 1. The number of nitro groups is 1. The van der Waals surface area contributed by atoms with Crippen LogP contribution in [0.2, 0.25) is 0 Å². The number of aliphatic hydroxyl groups excluding tert-OH is 1. The summed E-state index contributed by atoms with van der Waals surface area (Å²) < 4.78 is 0. The molecule has 0 aliphatic carbocycles. The number of aromatic amines is 1. The predicted octanol–water partition coefficient (Wildman–Crippen LogP) is 0.289. The zero-order valence-electron chi connectivity index (χ0n) is 7.14. The third-order valence-electron chi connectivity index (χ3n) is 1.53. The number of H-pyrrole nitrogens is 1. The fourth-order valence-electron chi connectivity index (χ4n) is 0.898. The highest BCUT2D eigenvalue weighted by Gasteiger charge is 2.06. The highest BCUT2D eigenvalue weighted by Crippen LogP contribution is 2.08.